The number of anilines is 1. The number of pyridine rings is 1. The Hall–Kier alpha value is -4.25. The second-order valence-corrected chi connectivity index (χ2v) is 8.21. The number of hydrogen-bond acceptors (Lipinski definition) is 7. The van der Waals surface area contributed by atoms with Gasteiger partial charge in [0.2, 0.25) is 0 Å². The van der Waals surface area contributed by atoms with Crippen molar-refractivity contribution in [2.75, 3.05) is 5.73 Å². The van der Waals surface area contributed by atoms with Crippen LogP contribution in [0.1, 0.15) is 34.7 Å². The number of halogens is 1. The average molecular weight is 478 g/mol. The maximum Gasteiger partial charge on any atom is 0.260 e. The van der Waals surface area contributed by atoms with Crippen LogP contribution in [0.5, 0.6) is 0 Å². The zero-order chi connectivity index (χ0) is 23.8. The summed E-state index contributed by atoms with van der Waals surface area (Å²) in [5.41, 5.74) is 7.66. The highest BCUT2D eigenvalue weighted by atomic mass is 35.5. The minimum absolute atomic E-state index is 0.0674. The lowest BCUT2D eigenvalue weighted by atomic mass is 10.1. The van der Waals surface area contributed by atoms with Crippen LogP contribution < -0.4 is 16.6 Å². The zero-order valence-corrected chi connectivity index (χ0v) is 18.8. The lowest BCUT2D eigenvalue weighted by molar-refractivity contribution is 0.0940. The Balaban J connectivity index is 1.54. The minimum Gasteiger partial charge on any atom is -0.381 e. The number of fused-ring (bicyclic) bond motifs is 2. The highest BCUT2D eigenvalue weighted by Crippen LogP contribution is 2.24. The average Bonchev–Trinajstić information content (AvgIpc) is 3.44. The van der Waals surface area contributed by atoms with Crippen molar-refractivity contribution < 1.29 is 4.79 Å². The molecule has 0 spiro atoms. The number of hydrogen-bond donors (Lipinski definition) is 3. The predicted molar refractivity (Wildman–Crippen MR) is 127 cm³/mol. The van der Waals surface area contributed by atoms with E-state index in [9.17, 15) is 9.59 Å². The lowest BCUT2D eigenvalue weighted by Gasteiger charge is -2.21. The predicted octanol–water partition coefficient (Wildman–Crippen LogP) is 2.13. The quantitative estimate of drug-likeness (QED) is 0.339. The fourth-order valence-corrected chi connectivity index (χ4v) is 4.27. The molecule has 5 aromatic rings. The first-order valence-corrected chi connectivity index (χ1v) is 10.9. The van der Waals surface area contributed by atoms with Gasteiger partial charge in [-0.3, -0.25) is 14.7 Å². The molecule has 0 unspecified atom stereocenters. The number of benzene rings is 1. The number of carbonyl (C=O) groups excluding carboxylic acids is 1. The first-order valence-electron chi connectivity index (χ1n) is 10.5. The number of carbonyl (C=O) groups is 1. The third kappa shape index (κ3) is 3.75. The number of nitrogens with zero attached hydrogens (tertiary/aromatic N) is 6. The van der Waals surface area contributed by atoms with Crippen molar-refractivity contribution in [2.24, 2.45) is 0 Å². The van der Waals surface area contributed by atoms with E-state index in [2.05, 4.69) is 30.8 Å². The third-order valence-electron chi connectivity index (χ3n) is 5.63. The van der Waals surface area contributed by atoms with Gasteiger partial charge in [-0.25, -0.2) is 9.50 Å². The van der Waals surface area contributed by atoms with Gasteiger partial charge in [0, 0.05) is 31.1 Å². The number of aryl methyl sites for hydroxylation is 1. The Morgan fingerprint density at radius 1 is 1.32 bits per heavy atom. The number of amides is 1. The SMILES string of the molecule is C[C@H](NC(=O)c1c(N)nn2cccnc12)c1cc2cccc(Cl)c2c(=O)n1CCc1cnn[nH]1. The zero-order valence-electron chi connectivity index (χ0n) is 18.1. The van der Waals surface area contributed by atoms with Gasteiger partial charge in [0.25, 0.3) is 11.5 Å². The number of nitrogen functional groups attached to an aromatic ring is 1. The monoisotopic (exact) mass is 477 g/mol. The van der Waals surface area contributed by atoms with E-state index in [0.717, 1.165) is 5.69 Å². The van der Waals surface area contributed by atoms with Crippen LogP contribution in [0.4, 0.5) is 5.82 Å². The number of H-pyrrole nitrogens is 1. The highest BCUT2D eigenvalue weighted by molar-refractivity contribution is 6.35. The van der Waals surface area contributed by atoms with Crippen LogP contribution >= 0.6 is 11.6 Å². The second-order valence-electron chi connectivity index (χ2n) is 7.80. The van der Waals surface area contributed by atoms with Crippen LogP contribution in [-0.2, 0) is 13.0 Å². The van der Waals surface area contributed by atoms with E-state index in [1.165, 1.54) is 4.52 Å². The van der Waals surface area contributed by atoms with Crippen LogP contribution in [0.15, 0.2) is 53.7 Å². The van der Waals surface area contributed by atoms with Gasteiger partial charge in [0.15, 0.2) is 11.5 Å². The van der Waals surface area contributed by atoms with Crippen molar-refractivity contribution in [3.8, 4) is 0 Å². The number of nitrogens with one attached hydrogen (secondary N) is 2. The van der Waals surface area contributed by atoms with E-state index in [1.54, 1.807) is 48.3 Å². The van der Waals surface area contributed by atoms with E-state index < -0.39 is 11.9 Å². The van der Waals surface area contributed by atoms with Gasteiger partial charge in [0.05, 0.1) is 28.3 Å². The highest BCUT2D eigenvalue weighted by Gasteiger charge is 2.23. The molecule has 12 heteroatoms. The van der Waals surface area contributed by atoms with Crippen LogP contribution in [0, 0.1) is 0 Å². The van der Waals surface area contributed by atoms with Gasteiger partial charge >= 0.3 is 0 Å². The largest absolute Gasteiger partial charge is 0.381 e. The molecule has 4 aromatic heterocycles. The van der Waals surface area contributed by atoms with Gasteiger partial charge in [-0.1, -0.05) is 28.9 Å². The molecule has 1 atom stereocenters. The van der Waals surface area contributed by atoms with E-state index in [1.807, 2.05) is 12.1 Å². The molecule has 1 amide bonds. The lowest BCUT2D eigenvalue weighted by Crippen LogP contribution is -2.33. The summed E-state index contributed by atoms with van der Waals surface area (Å²) in [4.78, 5) is 30.8. The topological polar surface area (TPSA) is 149 Å². The van der Waals surface area contributed by atoms with Crippen molar-refractivity contribution in [3.05, 3.63) is 81.3 Å². The smallest absolute Gasteiger partial charge is 0.260 e. The molecule has 5 rings (SSSR count). The van der Waals surface area contributed by atoms with Crippen molar-refractivity contribution >= 4 is 39.7 Å². The molecule has 4 heterocycles. The maximum absolute atomic E-state index is 13.5. The van der Waals surface area contributed by atoms with Gasteiger partial charge in [-0.15, -0.1) is 10.2 Å². The minimum atomic E-state index is -0.540. The summed E-state index contributed by atoms with van der Waals surface area (Å²) < 4.78 is 3.05. The molecule has 0 saturated carbocycles. The van der Waals surface area contributed by atoms with Crippen LogP contribution in [-0.4, -0.2) is 40.5 Å². The van der Waals surface area contributed by atoms with Gasteiger partial charge < -0.3 is 15.6 Å². The Morgan fingerprint density at radius 3 is 2.97 bits per heavy atom. The van der Waals surface area contributed by atoms with Crippen molar-refractivity contribution in [2.45, 2.75) is 25.9 Å². The molecule has 172 valence electrons. The molecular formula is C22H20ClN9O2. The number of aromatic nitrogens is 7. The fraction of sp³-hybridized carbons (Fsp3) is 0.182. The Morgan fingerprint density at radius 2 is 2.18 bits per heavy atom. The van der Waals surface area contributed by atoms with E-state index in [0.29, 0.717) is 40.1 Å². The van der Waals surface area contributed by atoms with E-state index >= 15 is 0 Å². The summed E-state index contributed by atoms with van der Waals surface area (Å²) in [6, 6.07) is 8.29. The summed E-state index contributed by atoms with van der Waals surface area (Å²) in [7, 11) is 0. The molecule has 0 aliphatic carbocycles. The Kier molecular flexibility index (Phi) is 5.46. The van der Waals surface area contributed by atoms with Gasteiger partial charge in [0.1, 0.15) is 5.56 Å². The summed E-state index contributed by atoms with van der Waals surface area (Å²) in [5, 5.41) is 18.8. The van der Waals surface area contributed by atoms with Gasteiger partial charge in [-0.2, -0.15) is 0 Å². The van der Waals surface area contributed by atoms with Crippen molar-refractivity contribution in [1.29, 1.82) is 0 Å². The first-order chi connectivity index (χ1) is 16.4. The molecule has 4 N–H and O–H groups in total. The molecule has 1 aromatic carbocycles. The normalized spacial score (nSPS) is 12.3. The molecular weight excluding hydrogens is 458 g/mol. The summed E-state index contributed by atoms with van der Waals surface area (Å²) in [5.74, 6) is -0.375. The van der Waals surface area contributed by atoms with E-state index in [4.69, 9.17) is 17.3 Å². The maximum atomic E-state index is 13.5. The molecule has 11 nitrogen and oxygen atoms in total. The molecule has 0 fully saturated rings. The number of nitrogens with two attached hydrogens (primary N) is 1. The second kappa shape index (κ2) is 8.60. The molecule has 0 bridgehead atoms. The first kappa shape index (κ1) is 21.6. The summed E-state index contributed by atoms with van der Waals surface area (Å²) in [6.07, 6.45) is 5.31. The number of rotatable bonds is 6. The summed E-state index contributed by atoms with van der Waals surface area (Å²) in [6.45, 7) is 2.13. The van der Waals surface area contributed by atoms with Crippen molar-refractivity contribution in [3.63, 3.8) is 0 Å². The van der Waals surface area contributed by atoms with Crippen LogP contribution in [0.25, 0.3) is 16.4 Å². The fourth-order valence-electron chi connectivity index (χ4n) is 4.00. The van der Waals surface area contributed by atoms with Crippen LogP contribution in [0.3, 0.4) is 0 Å². The Bertz CT molecular complexity index is 1570. The molecule has 0 saturated heterocycles. The van der Waals surface area contributed by atoms with Crippen LogP contribution in [0.2, 0.25) is 5.02 Å². The molecule has 0 aliphatic heterocycles. The molecule has 34 heavy (non-hydrogen) atoms. The molecule has 0 radical (unpaired) electrons. The third-order valence-corrected chi connectivity index (χ3v) is 5.95. The summed E-state index contributed by atoms with van der Waals surface area (Å²) >= 11 is 6.35. The van der Waals surface area contributed by atoms with E-state index in [-0.39, 0.29) is 16.9 Å². The number of aromatic amines is 1. The Labute approximate surface area is 197 Å². The van der Waals surface area contributed by atoms with Crippen molar-refractivity contribution in [1.82, 2.24) is 39.9 Å². The van der Waals surface area contributed by atoms with Gasteiger partial charge in [-0.05, 0) is 30.5 Å². The standard InChI is InChI=1S/C22H20ClN9O2/c1-12(27-21(33)18-19(24)29-32-8-3-7-25-20(18)32)16-10-13-4-2-5-15(23)17(13)22(34)31(16)9-6-14-11-26-30-28-14/h2-5,7-8,10-12H,6,9H2,1H3,(H2,24,29)(H,27,33)(H,26,28,30)/t12-/m0/s1. The molecule has 0 aliphatic rings.